The van der Waals surface area contributed by atoms with Crippen molar-refractivity contribution in [1.29, 1.82) is 0 Å². The molecule has 0 spiro atoms. The third kappa shape index (κ3) is 5.03. The van der Waals surface area contributed by atoms with Gasteiger partial charge in [0.2, 0.25) is 5.91 Å². The third-order valence-electron chi connectivity index (χ3n) is 7.39. The average Bonchev–Trinajstić information content (AvgIpc) is 2.94. The van der Waals surface area contributed by atoms with Crippen LogP contribution in [0.15, 0.2) is 24.3 Å². The first-order valence-electron chi connectivity index (χ1n) is 12.3. The molecule has 0 saturated heterocycles. The summed E-state index contributed by atoms with van der Waals surface area (Å²) in [5.74, 6) is 2.74. The van der Waals surface area contributed by atoms with Crippen LogP contribution >= 0.6 is 0 Å². The molecule has 1 aliphatic heterocycles. The molecule has 5 nitrogen and oxygen atoms in total. The Morgan fingerprint density at radius 1 is 1.06 bits per heavy atom. The highest BCUT2D eigenvalue weighted by atomic mass is 16.5. The number of benzene rings is 2. The summed E-state index contributed by atoms with van der Waals surface area (Å²) >= 11 is 0. The van der Waals surface area contributed by atoms with E-state index in [1.54, 1.807) is 14.2 Å². The largest absolute Gasteiger partial charge is 0.496 e. The molecule has 2 aliphatic rings. The molecule has 0 aromatic heterocycles. The highest BCUT2D eigenvalue weighted by molar-refractivity contribution is 5.80. The Balaban J connectivity index is 1.27. The van der Waals surface area contributed by atoms with E-state index in [1.165, 1.54) is 22.3 Å². The first-order valence-corrected chi connectivity index (χ1v) is 12.3. The van der Waals surface area contributed by atoms with Gasteiger partial charge in [-0.05, 0) is 91.7 Å². The molecule has 2 aromatic rings. The molecule has 2 aromatic carbocycles. The van der Waals surface area contributed by atoms with E-state index in [0.717, 1.165) is 74.5 Å². The Kier molecular flexibility index (Phi) is 7.28. The summed E-state index contributed by atoms with van der Waals surface area (Å²) in [7, 11) is 5.66. The molecular formula is C28H38N2O3. The molecule has 4 rings (SSSR count). The molecule has 0 radical (unpaired) electrons. The van der Waals surface area contributed by atoms with Gasteiger partial charge in [0.1, 0.15) is 11.5 Å². The van der Waals surface area contributed by atoms with Gasteiger partial charge in [0.05, 0.1) is 20.6 Å². The van der Waals surface area contributed by atoms with Gasteiger partial charge in [-0.1, -0.05) is 19.1 Å². The standard InChI is InChI=1S/C28H38N2O3/c1-6-20-14-25-23(16-27(20)33-5)13-24(25)18-29(3)9-7-10-30-11-8-21-12-19(2)26(32-4)15-22(21)17-28(30)31/h12,14-16,24H,6-11,13,17-18H2,1-5H3. The van der Waals surface area contributed by atoms with Crippen LogP contribution in [0.3, 0.4) is 0 Å². The molecule has 1 unspecified atom stereocenters. The number of methoxy groups -OCH3 is 2. The van der Waals surface area contributed by atoms with Crippen LogP contribution in [0.5, 0.6) is 11.5 Å². The van der Waals surface area contributed by atoms with Crippen LogP contribution in [0.25, 0.3) is 0 Å². The van der Waals surface area contributed by atoms with Gasteiger partial charge in [0, 0.05) is 25.6 Å². The quantitative estimate of drug-likeness (QED) is 0.575. The van der Waals surface area contributed by atoms with Gasteiger partial charge in [-0.15, -0.1) is 0 Å². The van der Waals surface area contributed by atoms with Crippen molar-refractivity contribution in [2.75, 3.05) is 47.4 Å². The fourth-order valence-corrected chi connectivity index (χ4v) is 5.41. The smallest absolute Gasteiger partial charge is 0.227 e. The summed E-state index contributed by atoms with van der Waals surface area (Å²) in [6.07, 6.45) is 4.53. The topological polar surface area (TPSA) is 42.0 Å². The van der Waals surface area contributed by atoms with Gasteiger partial charge in [0.15, 0.2) is 0 Å². The number of nitrogens with zero attached hydrogens (tertiary/aromatic N) is 2. The van der Waals surface area contributed by atoms with Crippen molar-refractivity contribution in [2.45, 2.75) is 51.9 Å². The average molecular weight is 451 g/mol. The van der Waals surface area contributed by atoms with E-state index in [4.69, 9.17) is 9.47 Å². The number of amides is 1. The molecule has 1 heterocycles. The Hall–Kier alpha value is -2.53. The maximum Gasteiger partial charge on any atom is 0.227 e. The maximum absolute atomic E-state index is 12.9. The molecule has 5 heteroatoms. The first kappa shape index (κ1) is 23.6. The number of aryl methyl sites for hydroxylation is 2. The Morgan fingerprint density at radius 2 is 1.82 bits per heavy atom. The van der Waals surface area contributed by atoms with E-state index in [0.29, 0.717) is 12.3 Å². The molecule has 0 N–H and O–H groups in total. The minimum absolute atomic E-state index is 0.233. The summed E-state index contributed by atoms with van der Waals surface area (Å²) in [5, 5.41) is 0. The second kappa shape index (κ2) is 10.2. The van der Waals surface area contributed by atoms with Crippen molar-refractivity contribution in [3.63, 3.8) is 0 Å². The normalized spacial score (nSPS) is 17.3. The Labute approximate surface area is 198 Å². The molecule has 1 atom stereocenters. The molecule has 0 saturated carbocycles. The summed E-state index contributed by atoms with van der Waals surface area (Å²) < 4.78 is 11.0. The highest BCUT2D eigenvalue weighted by Crippen LogP contribution is 2.39. The second-order valence-electron chi connectivity index (χ2n) is 9.63. The number of hydrogen-bond acceptors (Lipinski definition) is 4. The van der Waals surface area contributed by atoms with Gasteiger partial charge < -0.3 is 19.3 Å². The van der Waals surface area contributed by atoms with Crippen molar-refractivity contribution < 1.29 is 14.3 Å². The van der Waals surface area contributed by atoms with Crippen molar-refractivity contribution in [1.82, 2.24) is 9.80 Å². The van der Waals surface area contributed by atoms with Crippen molar-refractivity contribution in [3.05, 3.63) is 57.6 Å². The van der Waals surface area contributed by atoms with E-state index >= 15 is 0 Å². The van der Waals surface area contributed by atoms with Crippen molar-refractivity contribution in [2.24, 2.45) is 0 Å². The van der Waals surface area contributed by atoms with Crippen LogP contribution in [-0.2, 0) is 30.5 Å². The monoisotopic (exact) mass is 450 g/mol. The highest BCUT2D eigenvalue weighted by Gasteiger charge is 2.29. The molecule has 33 heavy (non-hydrogen) atoms. The van der Waals surface area contributed by atoms with E-state index in [2.05, 4.69) is 50.1 Å². The second-order valence-corrected chi connectivity index (χ2v) is 9.63. The summed E-state index contributed by atoms with van der Waals surface area (Å²) in [5.41, 5.74) is 7.77. The Morgan fingerprint density at radius 3 is 2.55 bits per heavy atom. The lowest BCUT2D eigenvalue weighted by Gasteiger charge is -2.34. The zero-order valence-corrected chi connectivity index (χ0v) is 20.9. The third-order valence-corrected chi connectivity index (χ3v) is 7.39. The zero-order valence-electron chi connectivity index (χ0n) is 20.9. The van der Waals surface area contributed by atoms with Gasteiger partial charge in [-0.3, -0.25) is 4.79 Å². The van der Waals surface area contributed by atoms with Gasteiger partial charge in [-0.2, -0.15) is 0 Å². The fraction of sp³-hybridized carbons (Fsp3) is 0.536. The lowest BCUT2D eigenvalue weighted by molar-refractivity contribution is -0.130. The van der Waals surface area contributed by atoms with Crippen LogP contribution < -0.4 is 9.47 Å². The van der Waals surface area contributed by atoms with Crippen LogP contribution in [-0.4, -0.2) is 63.2 Å². The van der Waals surface area contributed by atoms with Crippen LogP contribution in [0, 0.1) is 6.92 Å². The van der Waals surface area contributed by atoms with E-state index < -0.39 is 0 Å². The fourth-order valence-electron chi connectivity index (χ4n) is 5.41. The summed E-state index contributed by atoms with van der Waals surface area (Å²) in [6, 6.07) is 8.82. The number of rotatable bonds is 9. The Bertz CT molecular complexity index is 1020. The van der Waals surface area contributed by atoms with Crippen LogP contribution in [0.2, 0.25) is 0 Å². The van der Waals surface area contributed by atoms with Crippen molar-refractivity contribution in [3.8, 4) is 11.5 Å². The van der Waals surface area contributed by atoms with Gasteiger partial charge in [-0.25, -0.2) is 0 Å². The molecule has 1 aliphatic carbocycles. The van der Waals surface area contributed by atoms with Gasteiger partial charge >= 0.3 is 0 Å². The number of ether oxygens (including phenoxy) is 2. The van der Waals surface area contributed by atoms with Crippen LogP contribution in [0.1, 0.15) is 52.6 Å². The zero-order chi connectivity index (χ0) is 23.5. The predicted molar refractivity (Wildman–Crippen MR) is 133 cm³/mol. The van der Waals surface area contributed by atoms with E-state index in [-0.39, 0.29) is 5.91 Å². The molecule has 1 amide bonds. The summed E-state index contributed by atoms with van der Waals surface area (Å²) in [4.78, 5) is 17.4. The number of carbonyl (C=O) groups is 1. The van der Waals surface area contributed by atoms with Gasteiger partial charge in [0.25, 0.3) is 0 Å². The molecule has 0 fully saturated rings. The number of fused-ring (bicyclic) bond motifs is 2. The lowest BCUT2D eigenvalue weighted by Crippen LogP contribution is -2.36. The summed E-state index contributed by atoms with van der Waals surface area (Å²) in [6.45, 7) is 7.96. The minimum Gasteiger partial charge on any atom is -0.496 e. The molecule has 178 valence electrons. The number of carbonyl (C=O) groups excluding carboxylic acids is 1. The predicted octanol–water partition coefficient (Wildman–Crippen LogP) is 4.16. The first-order chi connectivity index (χ1) is 15.9. The van der Waals surface area contributed by atoms with Crippen molar-refractivity contribution >= 4 is 5.91 Å². The number of likely N-dealkylation sites (N-methyl/N-ethyl adjacent to an activating group) is 1. The SMILES string of the molecule is CCc1cc2c(cc1OC)CC2CN(C)CCCN1CCc2cc(C)c(OC)cc2CC1=O. The maximum atomic E-state index is 12.9. The van der Waals surface area contributed by atoms with Crippen LogP contribution in [0.4, 0.5) is 0 Å². The van der Waals surface area contributed by atoms with E-state index in [1.807, 2.05) is 4.90 Å². The minimum atomic E-state index is 0.233. The molecule has 0 bridgehead atoms. The number of hydrogen-bond donors (Lipinski definition) is 0. The lowest BCUT2D eigenvalue weighted by atomic mass is 9.76. The molecular weight excluding hydrogens is 412 g/mol. The van der Waals surface area contributed by atoms with E-state index in [9.17, 15) is 4.79 Å².